The fraction of sp³-hybridized carbons (Fsp3) is 0.588. The largest absolute Gasteiger partial charge is 0.388 e. The summed E-state index contributed by atoms with van der Waals surface area (Å²) >= 11 is 0. The normalized spacial score (nSPS) is 17.7. The van der Waals surface area contributed by atoms with Gasteiger partial charge >= 0.3 is 0 Å². The zero-order valence-electron chi connectivity index (χ0n) is 14.0. The predicted octanol–water partition coefficient (Wildman–Crippen LogP) is 3.28. The van der Waals surface area contributed by atoms with Gasteiger partial charge in [-0.2, -0.15) is 0 Å². The summed E-state index contributed by atoms with van der Waals surface area (Å²) < 4.78 is 13.7. The highest BCUT2D eigenvalue weighted by molar-refractivity contribution is 14.0. The van der Waals surface area contributed by atoms with Crippen LogP contribution in [0.15, 0.2) is 23.2 Å². The van der Waals surface area contributed by atoms with Gasteiger partial charge in [-0.25, -0.2) is 4.39 Å². The molecule has 3 N–H and O–H groups in total. The molecule has 1 aliphatic rings. The molecule has 0 spiro atoms. The van der Waals surface area contributed by atoms with E-state index in [0.717, 1.165) is 31.4 Å². The molecule has 130 valence electrons. The highest BCUT2D eigenvalue weighted by atomic mass is 127. The van der Waals surface area contributed by atoms with E-state index in [1.807, 2.05) is 19.9 Å². The number of aliphatic imine (C=N–C) groups is 1. The fourth-order valence-electron chi connectivity index (χ4n) is 2.46. The molecule has 1 atom stereocenters. The first-order chi connectivity index (χ1) is 10.4. The molecule has 0 bridgehead atoms. The minimum absolute atomic E-state index is 0. The number of hydrogen-bond donors (Lipinski definition) is 3. The van der Waals surface area contributed by atoms with Crippen LogP contribution in [0.2, 0.25) is 0 Å². The molecule has 1 fully saturated rings. The molecule has 0 heterocycles. The van der Waals surface area contributed by atoms with Gasteiger partial charge in [0.15, 0.2) is 5.96 Å². The second-order valence-electron chi connectivity index (χ2n) is 6.15. The van der Waals surface area contributed by atoms with Crippen LogP contribution in [0, 0.1) is 12.7 Å². The van der Waals surface area contributed by atoms with Crippen molar-refractivity contribution >= 4 is 29.9 Å². The maximum Gasteiger partial charge on any atom is 0.191 e. The molecular weight excluding hydrogens is 408 g/mol. The van der Waals surface area contributed by atoms with Crippen molar-refractivity contribution in [2.24, 2.45) is 4.99 Å². The van der Waals surface area contributed by atoms with Crippen LogP contribution in [0.1, 0.15) is 50.3 Å². The Morgan fingerprint density at radius 3 is 2.65 bits per heavy atom. The summed E-state index contributed by atoms with van der Waals surface area (Å²) in [6, 6.07) is 5.18. The highest BCUT2D eigenvalue weighted by Gasteiger charge is 2.34. The summed E-state index contributed by atoms with van der Waals surface area (Å²) in [5.41, 5.74) is 0.876. The van der Waals surface area contributed by atoms with Gasteiger partial charge in [-0.1, -0.05) is 12.1 Å². The van der Waals surface area contributed by atoms with E-state index in [4.69, 9.17) is 0 Å². The fourth-order valence-corrected chi connectivity index (χ4v) is 2.46. The third-order valence-corrected chi connectivity index (χ3v) is 4.21. The second kappa shape index (κ2) is 8.82. The zero-order valence-corrected chi connectivity index (χ0v) is 16.4. The van der Waals surface area contributed by atoms with E-state index in [-0.39, 0.29) is 35.8 Å². The van der Waals surface area contributed by atoms with Crippen molar-refractivity contribution in [3.8, 4) is 0 Å². The maximum absolute atomic E-state index is 13.7. The van der Waals surface area contributed by atoms with Crippen molar-refractivity contribution in [2.75, 3.05) is 13.1 Å². The molecule has 0 radical (unpaired) electrons. The average molecular weight is 435 g/mol. The summed E-state index contributed by atoms with van der Waals surface area (Å²) in [4.78, 5) is 4.46. The molecule has 1 aromatic carbocycles. The molecule has 1 unspecified atom stereocenters. The van der Waals surface area contributed by atoms with Crippen LogP contribution in [0.3, 0.4) is 0 Å². The van der Waals surface area contributed by atoms with E-state index >= 15 is 0 Å². The number of nitrogens with zero attached hydrogens (tertiary/aromatic N) is 1. The summed E-state index contributed by atoms with van der Waals surface area (Å²) in [7, 11) is 0. The van der Waals surface area contributed by atoms with Gasteiger partial charge < -0.3 is 15.7 Å². The lowest BCUT2D eigenvalue weighted by molar-refractivity contribution is -0.0236. The van der Waals surface area contributed by atoms with Crippen molar-refractivity contribution in [1.82, 2.24) is 10.6 Å². The number of benzene rings is 1. The van der Waals surface area contributed by atoms with E-state index in [1.165, 1.54) is 0 Å². The Labute approximate surface area is 155 Å². The molecule has 4 nitrogen and oxygen atoms in total. The minimum atomic E-state index is -0.637. The Kier molecular flexibility index (Phi) is 7.73. The van der Waals surface area contributed by atoms with Crippen LogP contribution in [-0.4, -0.2) is 29.8 Å². The third-order valence-electron chi connectivity index (χ3n) is 4.21. The van der Waals surface area contributed by atoms with Crippen molar-refractivity contribution in [3.63, 3.8) is 0 Å². The Morgan fingerprint density at radius 1 is 1.43 bits per heavy atom. The highest BCUT2D eigenvalue weighted by Crippen LogP contribution is 2.31. The van der Waals surface area contributed by atoms with E-state index in [9.17, 15) is 9.50 Å². The molecular formula is C17H27FIN3O. The predicted molar refractivity (Wildman–Crippen MR) is 103 cm³/mol. The number of nitrogens with one attached hydrogen (secondary N) is 2. The van der Waals surface area contributed by atoms with Crippen molar-refractivity contribution in [1.29, 1.82) is 0 Å². The van der Waals surface area contributed by atoms with Crippen molar-refractivity contribution in [3.05, 3.63) is 35.1 Å². The van der Waals surface area contributed by atoms with Gasteiger partial charge in [-0.15, -0.1) is 24.0 Å². The quantitative estimate of drug-likeness (QED) is 0.378. The first kappa shape index (κ1) is 20.2. The van der Waals surface area contributed by atoms with Gasteiger partial charge in [-0.05, 0) is 57.2 Å². The van der Waals surface area contributed by atoms with E-state index in [2.05, 4.69) is 15.6 Å². The van der Waals surface area contributed by atoms with Crippen LogP contribution < -0.4 is 10.6 Å². The molecule has 1 saturated carbocycles. The second-order valence-corrected chi connectivity index (χ2v) is 6.15. The molecule has 23 heavy (non-hydrogen) atoms. The first-order valence-electron chi connectivity index (χ1n) is 7.97. The lowest BCUT2D eigenvalue weighted by Gasteiger charge is -2.35. The first-order valence-corrected chi connectivity index (χ1v) is 7.97. The topological polar surface area (TPSA) is 56.7 Å². The number of halogens is 2. The van der Waals surface area contributed by atoms with Gasteiger partial charge in [-0.3, -0.25) is 4.99 Å². The lowest BCUT2D eigenvalue weighted by Crippen LogP contribution is -2.43. The van der Waals surface area contributed by atoms with Crippen LogP contribution in [0.5, 0.6) is 0 Å². The van der Waals surface area contributed by atoms with Crippen molar-refractivity contribution < 1.29 is 9.50 Å². The van der Waals surface area contributed by atoms with Crippen LogP contribution >= 0.6 is 24.0 Å². The molecule has 2 rings (SSSR count). The van der Waals surface area contributed by atoms with Gasteiger partial charge in [0.05, 0.1) is 18.2 Å². The number of aliphatic hydroxyl groups is 1. The number of rotatable bonds is 5. The summed E-state index contributed by atoms with van der Waals surface area (Å²) in [6.45, 7) is 6.85. The summed E-state index contributed by atoms with van der Waals surface area (Å²) in [5, 5.41) is 16.6. The number of hydrogen-bond acceptors (Lipinski definition) is 2. The Bertz CT molecular complexity index is 547. The van der Waals surface area contributed by atoms with Crippen LogP contribution in [-0.2, 0) is 0 Å². The monoisotopic (exact) mass is 435 g/mol. The summed E-state index contributed by atoms with van der Waals surface area (Å²) in [5.74, 6) is 0.452. The van der Waals surface area contributed by atoms with E-state index in [0.29, 0.717) is 18.1 Å². The van der Waals surface area contributed by atoms with E-state index in [1.54, 1.807) is 19.1 Å². The molecule has 0 aromatic heterocycles. The minimum Gasteiger partial charge on any atom is -0.388 e. The molecule has 1 aliphatic carbocycles. The van der Waals surface area contributed by atoms with Crippen molar-refractivity contribution in [2.45, 2.75) is 51.7 Å². The van der Waals surface area contributed by atoms with Crippen LogP contribution in [0.25, 0.3) is 0 Å². The lowest BCUT2D eigenvalue weighted by atomic mass is 9.80. The zero-order chi connectivity index (χ0) is 16.2. The number of aryl methyl sites for hydroxylation is 1. The average Bonchev–Trinajstić information content (AvgIpc) is 2.45. The molecule has 6 heteroatoms. The van der Waals surface area contributed by atoms with Gasteiger partial charge in [0.2, 0.25) is 0 Å². The molecule has 0 aliphatic heterocycles. The Hall–Kier alpha value is -0.890. The third kappa shape index (κ3) is 5.60. The standard InChI is InChI=1S/C17H26FN3O.HI/c1-4-19-16(20-11-17(22)8-5-9-17)21-13(3)14-7-6-12(2)15(18)10-14;/h6-7,10,13,22H,4-5,8-9,11H2,1-3H3,(H2,19,20,21);1H. The Morgan fingerprint density at radius 2 is 2.13 bits per heavy atom. The summed E-state index contributed by atoms with van der Waals surface area (Å²) in [6.07, 6.45) is 2.69. The van der Waals surface area contributed by atoms with E-state index < -0.39 is 5.60 Å². The van der Waals surface area contributed by atoms with Gasteiger partial charge in [0, 0.05) is 6.54 Å². The SMILES string of the molecule is CCNC(=NCC1(O)CCC1)NC(C)c1ccc(C)c(F)c1.I. The van der Waals surface area contributed by atoms with Crippen LogP contribution in [0.4, 0.5) is 4.39 Å². The Balaban J connectivity index is 0.00000264. The molecule has 1 aromatic rings. The maximum atomic E-state index is 13.7. The molecule has 0 amide bonds. The smallest absolute Gasteiger partial charge is 0.191 e. The molecule has 0 saturated heterocycles. The number of guanidine groups is 1. The van der Waals surface area contributed by atoms with Gasteiger partial charge in [0.1, 0.15) is 5.82 Å². The van der Waals surface area contributed by atoms with Gasteiger partial charge in [0.25, 0.3) is 0 Å².